The van der Waals surface area contributed by atoms with Gasteiger partial charge >= 0.3 is 0 Å². The molecule has 0 radical (unpaired) electrons. The van der Waals surface area contributed by atoms with E-state index in [1.54, 1.807) is 0 Å². The van der Waals surface area contributed by atoms with Crippen molar-refractivity contribution >= 4 is 27.3 Å². The van der Waals surface area contributed by atoms with Crippen LogP contribution in [0.4, 0.5) is 0 Å². The molecule has 1 aromatic heterocycles. The van der Waals surface area contributed by atoms with Gasteiger partial charge in [0.15, 0.2) is 0 Å². The second-order valence-corrected chi connectivity index (χ2v) is 7.72. The molecule has 0 bridgehead atoms. The van der Waals surface area contributed by atoms with Gasteiger partial charge in [0.1, 0.15) is 0 Å². The van der Waals surface area contributed by atoms with E-state index in [0.717, 1.165) is 19.1 Å². The Morgan fingerprint density at radius 2 is 2.32 bits per heavy atom. The number of thiophene rings is 1. The van der Waals surface area contributed by atoms with Crippen molar-refractivity contribution in [3.63, 3.8) is 0 Å². The molecule has 2 heterocycles. The first-order valence-corrected chi connectivity index (χ1v) is 8.97. The number of piperidine rings is 1. The van der Waals surface area contributed by atoms with Crippen molar-refractivity contribution in [3.05, 3.63) is 20.3 Å². The van der Waals surface area contributed by atoms with E-state index in [4.69, 9.17) is 0 Å². The lowest BCUT2D eigenvalue weighted by molar-refractivity contribution is 0.159. The van der Waals surface area contributed by atoms with E-state index >= 15 is 0 Å². The summed E-state index contributed by atoms with van der Waals surface area (Å²) in [6, 6.07) is 3.03. The summed E-state index contributed by atoms with van der Waals surface area (Å²) in [5.41, 5.74) is 0. The second-order valence-electron chi connectivity index (χ2n) is 5.53. The fourth-order valence-electron chi connectivity index (χ4n) is 2.71. The van der Waals surface area contributed by atoms with Gasteiger partial charge in [0.05, 0.1) is 0 Å². The Labute approximate surface area is 129 Å². The van der Waals surface area contributed by atoms with Crippen LogP contribution < -0.4 is 5.32 Å². The lowest BCUT2D eigenvalue weighted by Gasteiger charge is -2.33. The lowest BCUT2D eigenvalue weighted by Crippen LogP contribution is -2.38. The predicted molar refractivity (Wildman–Crippen MR) is 88.0 cm³/mol. The van der Waals surface area contributed by atoms with Crippen LogP contribution in [-0.4, -0.2) is 30.6 Å². The average molecular weight is 345 g/mol. The van der Waals surface area contributed by atoms with Crippen molar-refractivity contribution < 1.29 is 0 Å². The highest BCUT2D eigenvalue weighted by atomic mass is 79.9. The fourth-order valence-corrected chi connectivity index (χ4v) is 4.28. The SMILES string of the molecule is Cc1sc(CNCCCN2CCCCC2C)cc1Br. The highest BCUT2D eigenvalue weighted by Crippen LogP contribution is 2.26. The monoisotopic (exact) mass is 344 g/mol. The molecule has 2 rings (SSSR count). The van der Waals surface area contributed by atoms with Gasteiger partial charge in [-0.3, -0.25) is 0 Å². The Balaban J connectivity index is 1.59. The van der Waals surface area contributed by atoms with Crippen LogP contribution in [0.5, 0.6) is 0 Å². The molecular formula is C15H25BrN2S. The van der Waals surface area contributed by atoms with Crippen LogP contribution in [0.2, 0.25) is 0 Å². The molecule has 19 heavy (non-hydrogen) atoms. The summed E-state index contributed by atoms with van der Waals surface area (Å²) in [5, 5.41) is 3.56. The minimum atomic E-state index is 0.796. The Kier molecular flexibility index (Phi) is 6.33. The van der Waals surface area contributed by atoms with Crippen molar-refractivity contribution in [1.29, 1.82) is 0 Å². The molecule has 0 saturated carbocycles. The van der Waals surface area contributed by atoms with E-state index < -0.39 is 0 Å². The highest BCUT2D eigenvalue weighted by Gasteiger charge is 2.16. The van der Waals surface area contributed by atoms with E-state index in [0.29, 0.717) is 0 Å². The summed E-state index contributed by atoms with van der Waals surface area (Å²) >= 11 is 5.45. The van der Waals surface area contributed by atoms with E-state index in [1.807, 2.05) is 11.3 Å². The van der Waals surface area contributed by atoms with Crippen molar-refractivity contribution in [2.24, 2.45) is 0 Å². The molecule has 1 aromatic rings. The van der Waals surface area contributed by atoms with Gasteiger partial charge in [0.2, 0.25) is 0 Å². The van der Waals surface area contributed by atoms with Crippen LogP contribution in [0.15, 0.2) is 10.5 Å². The molecular weight excluding hydrogens is 320 g/mol. The van der Waals surface area contributed by atoms with Crippen LogP contribution >= 0.6 is 27.3 Å². The maximum Gasteiger partial charge on any atom is 0.0314 e. The fraction of sp³-hybridized carbons (Fsp3) is 0.733. The third-order valence-electron chi connectivity index (χ3n) is 3.95. The van der Waals surface area contributed by atoms with Crippen molar-refractivity contribution in [2.45, 2.75) is 52.1 Å². The standard InChI is InChI=1S/C15H25BrN2S/c1-12-6-3-4-8-18(12)9-5-7-17-11-14-10-15(16)13(2)19-14/h10,12,17H,3-9,11H2,1-2H3. The third-order valence-corrected chi connectivity index (χ3v) is 6.08. The molecule has 2 nitrogen and oxygen atoms in total. The summed E-state index contributed by atoms with van der Waals surface area (Å²) in [7, 11) is 0. The number of rotatable bonds is 6. The molecule has 1 aliphatic rings. The third kappa shape index (κ3) is 4.85. The molecule has 0 aromatic carbocycles. The highest BCUT2D eigenvalue weighted by molar-refractivity contribution is 9.10. The number of aryl methyl sites for hydroxylation is 1. The van der Waals surface area contributed by atoms with Crippen LogP contribution in [0.3, 0.4) is 0 Å². The van der Waals surface area contributed by atoms with Gasteiger partial charge in [-0.1, -0.05) is 6.42 Å². The number of hydrogen-bond donors (Lipinski definition) is 1. The van der Waals surface area contributed by atoms with Gasteiger partial charge in [-0.25, -0.2) is 0 Å². The van der Waals surface area contributed by atoms with Crippen molar-refractivity contribution in [1.82, 2.24) is 10.2 Å². The molecule has 1 N–H and O–H groups in total. The zero-order valence-electron chi connectivity index (χ0n) is 12.0. The summed E-state index contributed by atoms with van der Waals surface area (Å²) in [6.45, 7) is 9.22. The maximum absolute atomic E-state index is 3.57. The Bertz CT molecular complexity index is 372. The summed E-state index contributed by atoms with van der Waals surface area (Å²) in [6.07, 6.45) is 5.45. The van der Waals surface area contributed by atoms with Gasteiger partial charge in [-0.05, 0) is 74.7 Å². The van der Waals surface area contributed by atoms with E-state index in [-0.39, 0.29) is 0 Å². The Hall–Kier alpha value is 0.100. The van der Waals surface area contributed by atoms with Gasteiger partial charge in [-0.2, -0.15) is 0 Å². The average Bonchev–Trinajstić information content (AvgIpc) is 2.70. The van der Waals surface area contributed by atoms with Crippen molar-refractivity contribution in [2.75, 3.05) is 19.6 Å². The molecule has 108 valence electrons. The maximum atomic E-state index is 3.57. The first kappa shape index (κ1) is 15.5. The summed E-state index contributed by atoms with van der Waals surface area (Å²) in [5.74, 6) is 0. The smallest absolute Gasteiger partial charge is 0.0314 e. The number of likely N-dealkylation sites (tertiary alicyclic amines) is 1. The largest absolute Gasteiger partial charge is 0.312 e. The zero-order chi connectivity index (χ0) is 13.7. The van der Waals surface area contributed by atoms with E-state index in [9.17, 15) is 0 Å². The Morgan fingerprint density at radius 3 is 3.00 bits per heavy atom. The first-order valence-electron chi connectivity index (χ1n) is 7.36. The molecule has 1 saturated heterocycles. The van der Waals surface area contributed by atoms with Gasteiger partial charge in [-0.15, -0.1) is 11.3 Å². The number of halogens is 1. The molecule has 1 unspecified atom stereocenters. The zero-order valence-corrected chi connectivity index (χ0v) is 14.4. The molecule has 1 fully saturated rings. The lowest BCUT2D eigenvalue weighted by atomic mass is 10.0. The van der Waals surface area contributed by atoms with Crippen LogP contribution in [0.25, 0.3) is 0 Å². The first-order chi connectivity index (χ1) is 9.16. The molecule has 1 atom stereocenters. The molecule has 0 aliphatic carbocycles. The minimum Gasteiger partial charge on any atom is -0.312 e. The normalized spacial score (nSPS) is 20.9. The van der Waals surface area contributed by atoms with Gasteiger partial charge in [0, 0.05) is 26.8 Å². The van der Waals surface area contributed by atoms with Crippen molar-refractivity contribution in [3.8, 4) is 0 Å². The summed E-state index contributed by atoms with van der Waals surface area (Å²) < 4.78 is 1.25. The molecule has 1 aliphatic heterocycles. The molecule has 4 heteroatoms. The van der Waals surface area contributed by atoms with Gasteiger partial charge < -0.3 is 10.2 Å². The number of nitrogens with one attached hydrogen (secondary N) is 1. The predicted octanol–water partition coefficient (Wildman–Crippen LogP) is 4.17. The second kappa shape index (κ2) is 7.77. The number of nitrogens with zero attached hydrogens (tertiary/aromatic N) is 1. The van der Waals surface area contributed by atoms with Crippen LogP contribution in [-0.2, 0) is 6.54 Å². The summed E-state index contributed by atoms with van der Waals surface area (Å²) in [4.78, 5) is 5.45. The van der Waals surface area contributed by atoms with E-state index in [1.165, 1.54) is 53.0 Å². The minimum absolute atomic E-state index is 0.796. The quantitative estimate of drug-likeness (QED) is 0.779. The topological polar surface area (TPSA) is 15.3 Å². The number of hydrogen-bond acceptors (Lipinski definition) is 3. The van der Waals surface area contributed by atoms with Crippen LogP contribution in [0, 0.1) is 6.92 Å². The molecule has 0 spiro atoms. The van der Waals surface area contributed by atoms with Crippen LogP contribution in [0.1, 0.15) is 42.4 Å². The van der Waals surface area contributed by atoms with Gasteiger partial charge in [0.25, 0.3) is 0 Å². The Morgan fingerprint density at radius 1 is 1.47 bits per heavy atom. The van der Waals surface area contributed by atoms with E-state index in [2.05, 4.69) is 46.1 Å². The molecule has 0 amide bonds.